The smallest absolute Gasteiger partial charge is 0.407 e. The molecule has 1 aliphatic rings. The molecular weight excluding hydrogens is 106 g/mol. The SMILES string of the molecule is C[C@H]1CCNC(=O)O1. The van der Waals surface area contributed by atoms with E-state index in [0.29, 0.717) is 0 Å². The topological polar surface area (TPSA) is 38.3 Å². The van der Waals surface area contributed by atoms with Crippen molar-refractivity contribution in [3.05, 3.63) is 0 Å². The van der Waals surface area contributed by atoms with Gasteiger partial charge in [-0.15, -0.1) is 0 Å². The molecule has 0 aromatic heterocycles. The molecule has 3 heteroatoms. The summed E-state index contributed by atoms with van der Waals surface area (Å²) in [7, 11) is 0. The predicted octanol–water partition coefficient (Wildman–Crippen LogP) is 0.505. The van der Waals surface area contributed by atoms with E-state index < -0.39 is 0 Å². The quantitative estimate of drug-likeness (QED) is 0.499. The maximum Gasteiger partial charge on any atom is 0.407 e. The van der Waals surface area contributed by atoms with E-state index in [-0.39, 0.29) is 12.2 Å². The van der Waals surface area contributed by atoms with Crippen LogP contribution in [0.2, 0.25) is 0 Å². The fraction of sp³-hybridized carbons (Fsp3) is 0.800. The highest BCUT2D eigenvalue weighted by Crippen LogP contribution is 2.00. The Morgan fingerprint density at radius 3 is 3.00 bits per heavy atom. The van der Waals surface area contributed by atoms with E-state index in [2.05, 4.69) is 5.32 Å². The molecule has 1 aliphatic heterocycles. The number of rotatable bonds is 0. The Hall–Kier alpha value is -0.730. The summed E-state index contributed by atoms with van der Waals surface area (Å²) in [6.45, 7) is 2.64. The van der Waals surface area contributed by atoms with E-state index >= 15 is 0 Å². The summed E-state index contributed by atoms with van der Waals surface area (Å²) < 4.78 is 4.74. The third kappa shape index (κ3) is 1.12. The van der Waals surface area contributed by atoms with Crippen molar-refractivity contribution in [3.63, 3.8) is 0 Å². The fourth-order valence-electron chi connectivity index (χ4n) is 0.661. The fourth-order valence-corrected chi connectivity index (χ4v) is 0.661. The predicted molar refractivity (Wildman–Crippen MR) is 28.6 cm³/mol. The third-order valence-corrected chi connectivity index (χ3v) is 1.13. The van der Waals surface area contributed by atoms with Crippen molar-refractivity contribution in [2.75, 3.05) is 6.54 Å². The summed E-state index contributed by atoms with van der Waals surface area (Å²) in [5, 5.41) is 2.55. The van der Waals surface area contributed by atoms with Crippen LogP contribution in [0.15, 0.2) is 0 Å². The van der Waals surface area contributed by atoms with Gasteiger partial charge in [0.2, 0.25) is 0 Å². The minimum atomic E-state index is -0.288. The largest absolute Gasteiger partial charge is 0.446 e. The van der Waals surface area contributed by atoms with Crippen LogP contribution in [0, 0.1) is 0 Å². The summed E-state index contributed by atoms with van der Waals surface area (Å²) in [6.07, 6.45) is 0.735. The maximum absolute atomic E-state index is 10.3. The minimum absolute atomic E-state index is 0.101. The Labute approximate surface area is 48.0 Å². The van der Waals surface area contributed by atoms with E-state index in [1.54, 1.807) is 0 Å². The molecule has 0 bridgehead atoms. The normalized spacial score (nSPS) is 28.6. The molecule has 1 amide bonds. The van der Waals surface area contributed by atoms with Gasteiger partial charge in [-0.3, -0.25) is 0 Å². The molecule has 1 saturated heterocycles. The number of nitrogens with one attached hydrogen (secondary N) is 1. The number of hydrogen-bond acceptors (Lipinski definition) is 2. The summed E-state index contributed by atoms with van der Waals surface area (Å²) in [5.74, 6) is 0. The molecule has 0 spiro atoms. The number of amides is 1. The first-order chi connectivity index (χ1) is 3.79. The van der Waals surface area contributed by atoms with Gasteiger partial charge in [-0.1, -0.05) is 0 Å². The Balaban J connectivity index is 2.34. The molecule has 8 heavy (non-hydrogen) atoms. The molecule has 1 atom stereocenters. The van der Waals surface area contributed by atoms with Crippen LogP contribution in [0.5, 0.6) is 0 Å². The van der Waals surface area contributed by atoms with Gasteiger partial charge in [0.25, 0.3) is 0 Å². The van der Waals surface area contributed by atoms with Crippen LogP contribution >= 0.6 is 0 Å². The molecule has 0 saturated carbocycles. The van der Waals surface area contributed by atoms with Gasteiger partial charge in [-0.05, 0) is 6.92 Å². The molecule has 1 heterocycles. The highest BCUT2D eigenvalue weighted by Gasteiger charge is 2.13. The summed E-state index contributed by atoms with van der Waals surface area (Å²) in [4.78, 5) is 10.3. The Kier molecular flexibility index (Phi) is 1.37. The highest BCUT2D eigenvalue weighted by atomic mass is 16.6. The van der Waals surface area contributed by atoms with Crippen LogP contribution in [-0.2, 0) is 4.74 Å². The average Bonchev–Trinajstić information content (AvgIpc) is 1.64. The molecule has 0 aromatic carbocycles. The molecule has 1 fully saturated rings. The van der Waals surface area contributed by atoms with Crippen LogP contribution in [0.25, 0.3) is 0 Å². The first kappa shape index (κ1) is 5.41. The lowest BCUT2D eigenvalue weighted by molar-refractivity contribution is 0.0840. The van der Waals surface area contributed by atoms with Gasteiger partial charge in [-0.25, -0.2) is 4.79 Å². The van der Waals surface area contributed by atoms with E-state index in [1.165, 1.54) is 0 Å². The van der Waals surface area contributed by atoms with Gasteiger partial charge >= 0.3 is 6.09 Å². The Bertz CT molecular complexity index is 103. The van der Waals surface area contributed by atoms with Crippen molar-refractivity contribution in [1.29, 1.82) is 0 Å². The van der Waals surface area contributed by atoms with Crippen molar-refractivity contribution in [2.24, 2.45) is 0 Å². The Morgan fingerprint density at radius 2 is 2.62 bits per heavy atom. The van der Waals surface area contributed by atoms with Crippen molar-refractivity contribution in [3.8, 4) is 0 Å². The molecule has 3 nitrogen and oxygen atoms in total. The zero-order chi connectivity index (χ0) is 5.98. The van der Waals surface area contributed by atoms with Crippen LogP contribution in [-0.4, -0.2) is 18.7 Å². The second-order valence-corrected chi connectivity index (χ2v) is 1.93. The lowest BCUT2D eigenvalue weighted by Crippen LogP contribution is -2.36. The molecule has 1 N–H and O–H groups in total. The average molecular weight is 115 g/mol. The zero-order valence-corrected chi connectivity index (χ0v) is 4.81. The number of carbonyl (C=O) groups is 1. The summed E-state index contributed by atoms with van der Waals surface area (Å²) >= 11 is 0. The molecule has 0 radical (unpaired) electrons. The van der Waals surface area contributed by atoms with Gasteiger partial charge in [0.1, 0.15) is 6.10 Å². The first-order valence-corrected chi connectivity index (χ1v) is 2.73. The van der Waals surface area contributed by atoms with Crippen LogP contribution in [0.4, 0.5) is 4.79 Å². The first-order valence-electron chi connectivity index (χ1n) is 2.73. The minimum Gasteiger partial charge on any atom is -0.446 e. The summed E-state index contributed by atoms with van der Waals surface area (Å²) in [6, 6.07) is 0. The molecular formula is C5H9NO2. The number of hydrogen-bond donors (Lipinski definition) is 1. The molecule has 0 aromatic rings. The number of ether oxygens (including phenoxy) is 1. The van der Waals surface area contributed by atoms with Crippen LogP contribution < -0.4 is 5.32 Å². The number of carbonyl (C=O) groups excluding carboxylic acids is 1. The van der Waals surface area contributed by atoms with E-state index in [0.717, 1.165) is 13.0 Å². The number of alkyl carbamates (subject to hydrolysis) is 1. The molecule has 0 aliphatic carbocycles. The third-order valence-electron chi connectivity index (χ3n) is 1.13. The van der Waals surface area contributed by atoms with Gasteiger partial charge in [-0.2, -0.15) is 0 Å². The molecule has 1 rings (SSSR count). The second kappa shape index (κ2) is 2.03. The van der Waals surface area contributed by atoms with Crippen molar-refractivity contribution >= 4 is 6.09 Å². The van der Waals surface area contributed by atoms with E-state index in [9.17, 15) is 4.79 Å². The monoisotopic (exact) mass is 115 g/mol. The van der Waals surface area contributed by atoms with Crippen LogP contribution in [0.3, 0.4) is 0 Å². The van der Waals surface area contributed by atoms with Crippen molar-refractivity contribution in [2.45, 2.75) is 19.4 Å². The van der Waals surface area contributed by atoms with Gasteiger partial charge in [0, 0.05) is 13.0 Å². The molecule has 0 unspecified atom stereocenters. The van der Waals surface area contributed by atoms with Crippen molar-refractivity contribution < 1.29 is 9.53 Å². The second-order valence-electron chi connectivity index (χ2n) is 1.93. The molecule has 46 valence electrons. The van der Waals surface area contributed by atoms with E-state index in [1.807, 2.05) is 6.92 Å². The summed E-state index contributed by atoms with van der Waals surface area (Å²) in [5.41, 5.74) is 0. The van der Waals surface area contributed by atoms with Gasteiger partial charge in [0.15, 0.2) is 0 Å². The number of cyclic esters (lactones) is 1. The lowest BCUT2D eigenvalue weighted by atomic mass is 10.3. The highest BCUT2D eigenvalue weighted by molar-refractivity contribution is 5.67. The van der Waals surface area contributed by atoms with Gasteiger partial charge in [0.05, 0.1) is 0 Å². The van der Waals surface area contributed by atoms with Crippen LogP contribution in [0.1, 0.15) is 13.3 Å². The standard InChI is InChI=1S/C5H9NO2/c1-4-2-3-6-5(7)8-4/h4H,2-3H2,1H3,(H,6,7)/t4-/m0/s1. The maximum atomic E-state index is 10.3. The lowest BCUT2D eigenvalue weighted by Gasteiger charge is -2.18. The zero-order valence-electron chi connectivity index (χ0n) is 4.81. The Morgan fingerprint density at radius 1 is 1.88 bits per heavy atom. The van der Waals surface area contributed by atoms with Crippen molar-refractivity contribution in [1.82, 2.24) is 5.32 Å². The van der Waals surface area contributed by atoms with E-state index in [4.69, 9.17) is 4.74 Å². The van der Waals surface area contributed by atoms with Gasteiger partial charge < -0.3 is 10.1 Å².